The second-order valence-electron chi connectivity index (χ2n) is 10.6. The van der Waals surface area contributed by atoms with Crippen molar-refractivity contribution < 1.29 is 24.2 Å². The number of aryl methyl sites for hydroxylation is 1. The molecular weight excluding hydrogens is 514 g/mol. The maximum Gasteiger partial charge on any atom is 0.407 e. The third kappa shape index (κ3) is 8.22. The summed E-state index contributed by atoms with van der Waals surface area (Å²) >= 11 is 1.48. The lowest BCUT2D eigenvalue weighted by molar-refractivity contribution is -0.147. The summed E-state index contributed by atoms with van der Waals surface area (Å²) in [7, 11) is 0. The summed E-state index contributed by atoms with van der Waals surface area (Å²) in [4.78, 5) is 41.2. The fourth-order valence-electron chi connectivity index (χ4n) is 4.79. The van der Waals surface area contributed by atoms with Crippen LogP contribution in [-0.4, -0.2) is 62.8 Å². The molecule has 39 heavy (non-hydrogen) atoms. The van der Waals surface area contributed by atoms with Crippen LogP contribution in [0.5, 0.6) is 0 Å². The summed E-state index contributed by atoms with van der Waals surface area (Å²) in [6.07, 6.45) is -0.763. The van der Waals surface area contributed by atoms with Gasteiger partial charge in [0.25, 0.3) is 5.91 Å². The van der Waals surface area contributed by atoms with Crippen molar-refractivity contribution in [2.45, 2.75) is 89.5 Å². The predicted molar refractivity (Wildman–Crippen MR) is 154 cm³/mol. The van der Waals surface area contributed by atoms with Crippen molar-refractivity contribution in [2.24, 2.45) is 0 Å². The van der Waals surface area contributed by atoms with E-state index in [1.165, 1.54) is 16.7 Å². The van der Waals surface area contributed by atoms with E-state index >= 15 is 0 Å². The van der Waals surface area contributed by atoms with E-state index in [0.717, 1.165) is 23.1 Å². The Labute approximate surface area is 235 Å². The maximum atomic E-state index is 13.7. The Balaban J connectivity index is 1.77. The van der Waals surface area contributed by atoms with E-state index in [1.54, 1.807) is 6.92 Å². The first kappa shape index (κ1) is 30.5. The zero-order valence-corrected chi connectivity index (χ0v) is 24.3. The number of carbonyl (C=O) groups excluding carboxylic acids is 3. The van der Waals surface area contributed by atoms with Gasteiger partial charge in [-0.1, -0.05) is 67.9 Å². The molecule has 0 saturated carbocycles. The Hall–Kier alpha value is -3.04. The van der Waals surface area contributed by atoms with Gasteiger partial charge in [-0.25, -0.2) is 4.79 Å². The molecule has 4 atom stereocenters. The normalized spacial score (nSPS) is 18.6. The minimum Gasteiger partial charge on any atom is -0.447 e. The molecule has 0 spiro atoms. The van der Waals surface area contributed by atoms with Crippen LogP contribution in [0.3, 0.4) is 0 Å². The highest BCUT2D eigenvalue weighted by Gasteiger charge is 2.49. The lowest BCUT2D eigenvalue weighted by atomic mass is 9.97. The van der Waals surface area contributed by atoms with Crippen molar-refractivity contribution in [1.29, 1.82) is 0 Å². The lowest BCUT2D eigenvalue weighted by Gasteiger charge is -2.33. The molecular formula is C30H41N3O5S. The van der Waals surface area contributed by atoms with Crippen LogP contribution in [0.25, 0.3) is 0 Å². The summed E-state index contributed by atoms with van der Waals surface area (Å²) in [5.74, 6) is -0.636. The molecule has 1 aliphatic heterocycles. The highest BCUT2D eigenvalue weighted by Crippen LogP contribution is 2.40. The van der Waals surface area contributed by atoms with Crippen LogP contribution in [0.4, 0.5) is 4.79 Å². The SMILES string of the molecule is CCCC(C)OC(=O)N[C@@H](Cc1ccccc1)[C@H](O)C(=O)N1CSC(C)(C)[C@H]1C(=O)NCc1ccccc1C. The second-order valence-corrected chi connectivity index (χ2v) is 12.2. The standard InChI is InChI=1S/C30H41N3O5S/c1-6-12-21(3)38-29(37)32-24(17-22-14-8-7-9-15-22)25(34)28(36)33-19-39-30(4,5)26(33)27(35)31-18-23-16-11-10-13-20(23)2/h7-11,13-16,21,24-26,34H,6,12,17-19H2,1-5H3,(H,31,35)(H,32,37)/t21?,24-,25-,26+/m0/s1. The minimum atomic E-state index is -1.57. The molecule has 0 bridgehead atoms. The zero-order valence-electron chi connectivity index (χ0n) is 23.5. The van der Waals surface area contributed by atoms with Crippen LogP contribution in [0.15, 0.2) is 54.6 Å². The van der Waals surface area contributed by atoms with Gasteiger partial charge in [0.2, 0.25) is 5.91 Å². The van der Waals surface area contributed by atoms with Gasteiger partial charge in [-0.2, -0.15) is 0 Å². The van der Waals surface area contributed by atoms with Gasteiger partial charge in [0.05, 0.1) is 11.9 Å². The quantitative estimate of drug-likeness (QED) is 0.384. The van der Waals surface area contributed by atoms with E-state index in [-0.39, 0.29) is 24.3 Å². The second kappa shape index (κ2) is 13.8. The van der Waals surface area contributed by atoms with Crippen LogP contribution in [0.1, 0.15) is 57.2 Å². The average Bonchev–Trinajstić information content (AvgIpc) is 3.22. The molecule has 3 amide bonds. The first-order valence-corrected chi connectivity index (χ1v) is 14.5. The molecule has 3 rings (SSSR count). The number of rotatable bonds is 11. The number of alkyl carbamates (subject to hydrolysis) is 1. The Kier molecular flexibility index (Phi) is 10.8. The smallest absolute Gasteiger partial charge is 0.407 e. The average molecular weight is 556 g/mol. The van der Waals surface area contributed by atoms with E-state index in [2.05, 4.69) is 10.6 Å². The predicted octanol–water partition coefficient (Wildman–Crippen LogP) is 4.18. The van der Waals surface area contributed by atoms with Crippen LogP contribution in [-0.2, 0) is 27.3 Å². The van der Waals surface area contributed by atoms with Crippen molar-refractivity contribution >= 4 is 29.7 Å². The van der Waals surface area contributed by atoms with E-state index < -0.39 is 34.9 Å². The fraction of sp³-hybridized carbons (Fsp3) is 0.500. The molecule has 1 aliphatic rings. The van der Waals surface area contributed by atoms with E-state index in [9.17, 15) is 19.5 Å². The summed E-state index contributed by atoms with van der Waals surface area (Å²) in [5, 5.41) is 17.0. The van der Waals surface area contributed by atoms with E-state index in [0.29, 0.717) is 13.0 Å². The molecule has 3 N–H and O–H groups in total. The molecule has 212 valence electrons. The van der Waals surface area contributed by atoms with Crippen molar-refractivity contribution in [3.8, 4) is 0 Å². The van der Waals surface area contributed by atoms with Crippen molar-refractivity contribution in [2.75, 3.05) is 5.88 Å². The summed E-state index contributed by atoms with van der Waals surface area (Å²) < 4.78 is 4.87. The molecule has 1 unspecified atom stereocenters. The Morgan fingerprint density at radius 2 is 1.79 bits per heavy atom. The van der Waals surface area contributed by atoms with Crippen LogP contribution in [0, 0.1) is 6.92 Å². The molecule has 8 nitrogen and oxygen atoms in total. The fourth-order valence-corrected chi connectivity index (χ4v) is 5.93. The Bertz CT molecular complexity index is 1130. The van der Waals surface area contributed by atoms with Crippen LogP contribution >= 0.6 is 11.8 Å². The highest BCUT2D eigenvalue weighted by molar-refractivity contribution is 8.00. The van der Waals surface area contributed by atoms with Gasteiger partial charge in [0, 0.05) is 11.3 Å². The van der Waals surface area contributed by atoms with Gasteiger partial charge >= 0.3 is 6.09 Å². The number of hydrogen-bond acceptors (Lipinski definition) is 6. The minimum absolute atomic E-state index is 0.222. The highest BCUT2D eigenvalue weighted by atomic mass is 32.2. The molecule has 1 fully saturated rings. The zero-order chi connectivity index (χ0) is 28.6. The monoisotopic (exact) mass is 555 g/mol. The molecule has 2 aromatic carbocycles. The number of nitrogens with zero attached hydrogens (tertiary/aromatic N) is 1. The topological polar surface area (TPSA) is 108 Å². The molecule has 9 heteroatoms. The molecule has 1 heterocycles. The van der Waals surface area contributed by atoms with Gasteiger partial charge < -0.3 is 25.4 Å². The number of aliphatic hydroxyl groups excluding tert-OH is 1. The number of carbonyl (C=O) groups is 3. The molecule has 2 aromatic rings. The number of ether oxygens (including phenoxy) is 1. The van der Waals surface area contributed by atoms with Crippen molar-refractivity contribution in [3.63, 3.8) is 0 Å². The van der Waals surface area contributed by atoms with Gasteiger partial charge in [-0.05, 0) is 57.2 Å². The summed E-state index contributed by atoms with van der Waals surface area (Å²) in [5.41, 5.74) is 2.91. The van der Waals surface area contributed by atoms with Crippen molar-refractivity contribution in [3.05, 3.63) is 71.3 Å². The number of hydrogen-bond donors (Lipinski definition) is 3. The number of amides is 3. The molecule has 0 aromatic heterocycles. The van der Waals surface area contributed by atoms with Crippen molar-refractivity contribution in [1.82, 2.24) is 15.5 Å². The first-order valence-electron chi connectivity index (χ1n) is 13.5. The van der Waals surface area contributed by atoms with E-state index in [1.807, 2.05) is 82.3 Å². The number of nitrogens with one attached hydrogen (secondary N) is 2. The summed E-state index contributed by atoms with van der Waals surface area (Å²) in [6.45, 7) is 9.97. The largest absolute Gasteiger partial charge is 0.447 e. The first-order chi connectivity index (χ1) is 18.5. The number of benzene rings is 2. The van der Waals surface area contributed by atoms with Gasteiger partial charge in [-0.3, -0.25) is 9.59 Å². The third-order valence-electron chi connectivity index (χ3n) is 7.03. The van der Waals surface area contributed by atoms with Gasteiger partial charge in [-0.15, -0.1) is 11.8 Å². The lowest BCUT2D eigenvalue weighted by Crippen LogP contribution is -2.58. The summed E-state index contributed by atoms with van der Waals surface area (Å²) in [6, 6.07) is 15.4. The Morgan fingerprint density at radius 1 is 1.13 bits per heavy atom. The molecule has 1 saturated heterocycles. The third-order valence-corrected chi connectivity index (χ3v) is 8.41. The Morgan fingerprint density at radius 3 is 2.46 bits per heavy atom. The number of aliphatic hydroxyl groups is 1. The molecule has 0 radical (unpaired) electrons. The van der Waals surface area contributed by atoms with Gasteiger partial charge in [0.15, 0.2) is 6.10 Å². The van der Waals surface area contributed by atoms with Crippen LogP contribution in [0.2, 0.25) is 0 Å². The molecule has 0 aliphatic carbocycles. The van der Waals surface area contributed by atoms with Gasteiger partial charge in [0.1, 0.15) is 12.1 Å². The number of thioether (sulfide) groups is 1. The van der Waals surface area contributed by atoms with E-state index in [4.69, 9.17) is 4.74 Å². The maximum absolute atomic E-state index is 13.7. The van der Waals surface area contributed by atoms with Crippen LogP contribution < -0.4 is 10.6 Å².